The zero-order valence-electron chi connectivity index (χ0n) is 16.1. The molecular weight excluding hydrogens is 284 g/mol. The first kappa shape index (κ1) is 17.3. The maximum atomic E-state index is 13.1. The number of hydrogen-bond acceptors (Lipinski definition) is 2. The Balaban J connectivity index is 1.76. The van der Waals surface area contributed by atoms with Gasteiger partial charge in [-0.05, 0) is 87.9 Å². The summed E-state index contributed by atoms with van der Waals surface area (Å²) in [6.07, 6.45) is 8.36. The fourth-order valence-electron chi connectivity index (χ4n) is 6.12. The van der Waals surface area contributed by atoms with Gasteiger partial charge in [0.2, 0.25) is 0 Å². The lowest BCUT2D eigenvalue weighted by molar-refractivity contribution is -0.213. The summed E-state index contributed by atoms with van der Waals surface area (Å²) < 4.78 is 6.38. The Morgan fingerprint density at radius 3 is 1.87 bits per heavy atom. The molecule has 1 unspecified atom stereocenters. The third-order valence-electron chi connectivity index (χ3n) is 7.27. The molecule has 4 aliphatic carbocycles. The van der Waals surface area contributed by atoms with Crippen molar-refractivity contribution in [3.8, 4) is 0 Å². The van der Waals surface area contributed by atoms with Gasteiger partial charge in [-0.3, -0.25) is 4.79 Å². The Kier molecular flexibility index (Phi) is 4.13. The Bertz CT molecular complexity index is 445. The van der Waals surface area contributed by atoms with Crippen LogP contribution in [0.4, 0.5) is 0 Å². The molecule has 0 aromatic rings. The molecule has 4 rings (SSSR count). The molecule has 0 N–H and O–H groups in total. The van der Waals surface area contributed by atoms with Gasteiger partial charge in [0.25, 0.3) is 0 Å². The van der Waals surface area contributed by atoms with Gasteiger partial charge >= 0.3 is 5.97 Å². The van der Waals surface area contributed by atoms with Gasteiger partial charge in [-0.25, -0.2) is 0 Å². The summed E-state index contributed by atoms with van der Waals surface area (Å²) in [5.74, 6) is 3.11. The molecule has 0 aromatic carbocycles. The number of carbonyl (C=O) groups is 1. The van der Waals surface area contributed by atoms with Crippen LogP contribution in [-0.4, -0.2) is 11.6 Å². The van der Waals surface area contributed by atoms with Gasteiger partial charge in [0, 0.05) is 0 Å². The van der Waals surface area contributed by atoms with Crippen molar-refractivity contribution in [2.75, 3.05) is 0 Å². The lowest BCUT2D eigenvalue weighted by Crippen LogP contribution is -2.59. The molecule has 4 bridgehead atoms. The van der Waals surface area contributed by atoms with Crippen molar-refractivity contribution in [2.45, 2.75) is 92.1 Å². The molecule has 2 nitrogen and oxygen atoms in total. The van der Waals surface area contributed by atoms with Crippen molar-refractivity contribution in [1.82, 2.24) is 0 Å². The van der Waals surface area contributed by atoms with E-state index in [-0.39, 0.29) is 22.4 Å². The molecule has 0 radical (unpaired) electrons. The van der Waals surface area contributed by atoms with Crippen molar-refractivity contribution in [2.24, 2.45) is 34.5 Å². The third kappa shape index (κ3) is 3.07. The number of hydrogen-bond donors (Lipinski definition) is 0. The Labute approximate surface area is 142 Å². The summed E-state index contributed by atoms with van der Waals surface area (Å²) in [6.45, 7) is 13.2. The molecule has 0 heterocycles. The Morgan fingerprint density at radius 2 is 1.48 bits per heavy atom. The zero-order valence-corrected chi connectivity index (χ0v) is 16.1. The summed E-state index contributed by atoms with van der Waals surface area (Å²) in [5.41, 5.74) is -0.399. The van der Waals surface area contributed by atoms with Gasteiger partial charge in [0.05, 0.1) is 5.41 Å². The van der Waals surface area contributed by atoms with Gasteiger partial charge < -0.3 is 4.74 Å². The van der Waals surface area contributed by atoms with Crippen LogP contribution in [0, 0.1) is 34.5 Å². The Hall–Kier alpha value is -0.530. The molecule has 4 saturated carbocycles. The standard InChI is InChI=1S/C21H36O2/c1-7-20(5,13-19(2,3)4)18(22)23-21(6)16-9-14-8-15(11-16)12-17(21)10-14/h14-17H,7-13H2,1-6H3. The molecule has 4 aliphatic rings. The first-order valence-electron chi connectivity index (χ1n) is 9.79. The SMILES string of the molecule is CCC(C)(CC(C)(C)C)C(=O)OC1(C)C2CC3CC(C2)CC1C3. The maximum Gasteiger partial charge on any atom is 0.312 e. The summed E-state index contributed by atoms with van der Waals surface area (Å²) in [5, 5.41) is 0. The van der Waals surface area contributed by atoms with Crippen LogP contribution >= 0.6 is 0 Å². The molecule has 4 fully saturated rings. The smallest absolute Gasteiger partial charge is 0.312 e. The highest BCUT2D eigenvalue weighted by Gasteiger charge is 2.58. The van der Waals surface area contributed by atoms with Gasteiger partial charge in [-0.1, -0.05) is 27.7 Å². The monoisotopic (exact) mass is 320 g/mol. The average Bonchev–Trinajstić information content (AvgIpc) is 2.42. The quantitative estimate of drug-likeness (QED) is 0.630. The molecule has 132 valence electrons. The first-order chi connectivity index (χ1) is 10.6. The topological polar surface area (TPSA) is 26.3 Å². The molecule has 0 saturated heterocycles. The second kappa shape index (κ2) is 5.49. The minimum Gasteiger partial charge on any atom is -0.458 e. The summed E-state index contributed by atoms with van der Waals surface area (Å²) >= 11 is 0. The van der Waals surface area contributed by atoms with Gasteiger partial charge in [0.1, 0.15) is 5.60 Å². The maximum absolute atomic E-state index is 13.1. The average molecular weight is 321 g/mol. The molecule has 23 heavy (non-hydrogen) atoms. The van der Waals surface area contributed by atoms with Gasteiger partial charge in [0.15, 0.2) is 0 Å². The molecule has 0 aromatic heterocycles. The minimum atomic E-state index is -0.351. The highest BCUT2D eigenvalue weighted by Crippen LogP contribution is 2.60. The highest BCUT2D eigenvalue weighted by atomic mass is 16.6. The van der Waals surface area contributed by atoms with E-state index in [0.717, 1.165) is 24.7 Å². The van der Waals surface area contributed by atoms with Crippen LogP contribution in [0.1, 0.15) is 86.5 Å². The van der Waals surface area contributed by atoms with E-state index in [1.807, 2.05) is 0 Å². The fourth-order valence-corrected chi connectivity index (χ4v) is 6.12. The highest BCUT2D eigenvalue weighted by molar-refractivity contribution is 5.77. The molecule has 1 atom stereocenters. The first-order valence-corrected chi connectivity index (χ1v) is 9.79. The molecule has 2 heteroatoms. The summed E-state index contributed by atoms with van der Waals surface area (Å²) in [4.78, 5) is 13.1. The van der Waals surface area contributed by atoms with Gasteiger partial charge in [-0.15, -0.1) is 0 Å². The number of ether oxygens (including phenoxy) is 1. The van der Waals surface area contributed by atoms with Crippen LogP contribution in [0.25, 0.3) is 0 Å². The van der Waals surface area contributed by atoms with E-state index in [2.05, 4.69) is 41.5 Å². The van der Waals surface area contributed by atoms with E-state index in [0.29, 0.717) is 11.8 Å². The molecular formula is C21H36O2. The largest absolute Gasteiger partial charge is 0.458 e. The second-order valence-electron chi connectivity index (χ2n) is 10.5. The van der Waals surface area contributed by atoms with Crippen molar-refractivity contribution in [3.63, 3.8) is 0 Å². The Morgan fingerprint density at radius 1 is 1.00 bits per heavy atom. The van der Waals surface area contributed by atoms with E-state index < -0.39 is 0 Å². The van der Waals surface area contributed by atoms with E-state index in [1.165, 1.54) is 32.1 Å². The van der Waals surface area contributed by atoms with Crippen LogP contribution in [0.3, 0.4) is 0 Å². The summed E-state index contributed by atoms with van der Waals surface area (Å²) in [6, 6.07) is 0. The van der Waals surface area contributed by atoms with Crippen LogP contribution in [0.2, 0.25) is 0 Å². The predicted molar refractivity (Wildman–Crippen MR) is 94.0 cm³/mol. The van der Waals surface area contributed by atoms with Crippen LogP contribution in [0.15, 0.2) is 0 Å². The number of esters is 1. The molecule has 0 aliphatic heterocycles. The second-order valence-corrected chi connectivity index (χ2v) is 10.5. The number of rotatable bonds is 4. The normalized spacial score (nSPS) is 41.7. The van der Waals surface area contributed by atoms with E-state index in [9.17, 15) is 4.79 Å². The fraction of sp³-hybridized carbons (Fsp3) is 0.952. The van der Waals surface area contributed by atoms with Crippen molar-refractivity contribution in [1.29, 1.82) is 0 Å². The van der Waals surface area contributed by atoms with Crippen LogP contribution in [0.5, 0.6) is 0 Å². The minimum absolute atomic E-state index is 0.0601. The predicted octanol–water partition coefficient (Wildman–Crippen LogP) is 5.60. The van der Waals surface area contributed by atoms with Crippen LogP contribution in [-0.2, 0) is 9.53 Å². The van der Waals surface area contributed by atoms with Crippen LogP contribution < -0.4 is 0 Å². The molecule has 0 amide bonds. The molecule has 0 spiro atoms. The van der Waals surface area contributed by atoms with Gasteiger partial charge in [-0.2, -0.15) is 0 Å². The number of carbonyl (C=O) groups excluding carboxylic acids is 1. The van der Waals surface area contributed by atoms with E-state index in [4.69, 9.17) is 4.74 Å². The lowest BCUT2D eigenvalue weighted by atomic mass is 9.50. The summed E-state index contributed by atoms with van der Waals surface area (Å²) in [7, 11) is 0. The third-order valence-corrected chi connectivity index (χ3v) is 7.27. The van der Waals surface area contributed by atoms with Crippen molar-refractivity contribution >= 4 is 5.97 Å². The lowest BCUT2D eigenvalue weighted by Gasteiger charge is -2.59. The van der Waals surface area contributed by atoms with E-state index >= 15 is 0 Å². The zero-order chi connectivity index (χ0) is 17.0. The van der Waals surface area contributed by atoms with Crippen molar-refractivity contribution in [3.05, 3.63) is 0 Å². The van der Waals surface area contributed by atoms with E-state index in [1.54, 1.807) is 0 Å². The van der Waals surface area contributed by atoms with Crippen molar-refractivity contribution < 1.29 is 9.53 Å².